The summed E-state index contributed by atoms with van der Waals surface area (Å²) in [5.74, 6) is -0.758. The van der Waals surface area contributed by atoms with Crippen LogP contribution in [0.3, 0.4) is 0 Å². The minimum absolute atomic E-state index is 0.00128. The molecule has 3 aromatic heterocycles. The van der Waals surface area contributed by atoms with E-state index in [1.54, 1.807) is 35.2 Å². The van der Waals surface area contributed by atoms with E-state index >= 15 is 8.78 Å². The molecule has 1 saturated carbocycles. The van der Waals surface area contributed by atoms with Crippen molar-refractivity contribution in [2.45, 2.75) is 49.3 Å². The van der Waals surface area contributed by atoms with Gasteiger partial charge in [0.05, 0.1) is 41.4 Å². The lowest BCUT2D eigenvalue weighted by molar-refractivity contribution is 0.00822. The highest BCUT2D eigenvalue weighted by Crippen LogP contribution is 2.40. The van der Waals surface area contributed by atoms with E-state index in [0.29, 0.717) is 49.4 Å². The van der Waals surface area contributed by atoms with Crippen molar-refractivity contribution in [3.8, 4) is 11.3 Å². The smallest absolute Gasteiger partial charge is 0.152 e. The van der Waals surface area contributed by atoms with E-state index in [2.05, 4.69) is 15.1 Å². The zero-order valence-corrected chi connectivity index (χ0v) is 23.1. The summed E-state index contributed by atoms with van der Waals surface area (Å²) in [6.07, 6.45) is 8.05. The number of pyridine rings is 1. The first kappa shape index (κ1) is 26.9. The first-order chi connectivity index (χ1) is 19.1. The minimum atomic E-state index is -3.26. The summed E-state index contributed by atoms with van der Waals surface area (Å²) >= 11 is 0. The highest BCUT2D eigenvalue weighted by Gasteiger charge is 2.40. The van der Waals surface area contributed by atoms with Crippen LogP contribution in [0.5, 0.6) is 0 Å². The number of aromatic nitrogens is 4. The predicted octanol–water partition coefficient (Wildman–Crippen LogP) is 4.03. The molecule has 2 N–H and O–H groups in total. The predicted molar refractivity (Wildman–Crippen MR) is 147 cm³/mol. The third-order valence-electron chi connectivity index (χ3n) is 8.30. The van der Waals surface area contributed by atoms with Crippen LogP contribution in [0.15, 0.2) is 48.9 Å². The molecule has 1 aromatic carbocycles. The molecular formula is C29H31F2N5O3S. The SMILES string of the molecule is C[C@H]1C[C@@H](c2ccncc2Cc2ncc3ccc(-c4c(F)cc(C5COC5)cc4F)nn23)C[C@@H](N)[C@H]1S(C)(=O)=O. The van der Waals surface area contributed by atoms with E-state index in [-0.39, 0.29) is 29.0 Å². The quantitative estimate of drug-likeness (QED) is 0.374. The maximum absolute atomic E-state index is 15.1. The van der Waals surface area contributed by atoms with Gasteiger partial charge < -0.3 is 10.5 Å². The Bertz CT molecular complexity index is 1650. The van der Waals surface area contributed by atoms with Crippen LogP contribution >= 0.6 is 0 Å². The number of hydrogen-bond donors (Lipinski definition) is 1. The summed E-state index contributed by atoms with van der Waals surface area (Å²) in [4.78, 5) is 8.88. The molecule has 0 unspecified atom stereocenters. The van der Waals surface area contributed by atoms with Crippen LogP contribution in [-0.2, 0) is 21.0 Å². The van der Waals surface area contributed by atoms with Crippen LogP contribution < -0.4 is 5.73 Å². The molecule has 6 rings (SSSR count). The van der Waals surface area contributed by atoms with Gasteiger partial charge in [-0.2, -0.15) is 5.10 Å². The first-order valence-electron chi connectivity index (χ1n) is 13.4. The number of nitrogens with zero attached hydrogens (tertiary/aromatic N) is 4. The lowest BCUT2D eigenvalue weighted by Crippen LogP contribution is -2.48. The van der Waals surface area contributed by atoms with Crippen LogP contribution in [0.2, 0.25) is 0 Å². The summed E-state index contributed by atoms with van der Waals surface area (Å²) in [5, 5.41) is 4.01. The molecule has 0 radical (unpaired) electrons. The van der Waals surface area contributed by atoms with Crippen molar-refractivity contribution in [1.82, 2.24) is 19.6 Å². The van der Waals surface area contributed by atoms with Gasteiger partial charge in [0.25, 0.3) is 0 Å². The number of ether oxygens (including phenoxy) is 1. The summed E-state index contributed by atoms with van der Waals surface area (Å²) in [7, 11) is -3.26. The number of imidazole rings is 1. The molecule has 1 saturated heterocycles. The van der Waals surface area contributed by atoms with Gasteiger partial charge >= 0.3 is 0 Å². The second-order valence-corrected chi connectivity index (χ2v) is 13.4. The highest BCUT2D eigenvalue weighted by atomic mass is 32.2. The molecule has 0 spiro atoms. The summed E-state index contributed by atoms with van der Waals surface area (Å²) in [6.45, 7) is 2.86. The van der Waals surface area contributed by atoms with Gasteiger partial charge in [-0.1, -0.05) is 6.92 Å². The molecule has 0 amide bonds. The van der Waals surface area contributed by atoms with E-state index in [9.17, 15) is 8.42 Å². The zero-order valence-electron chi connectivity index (χ0n) is 22.3. The van der Waals surface area contributed by atoms with Crippen molar-refractivity contribution in [2.75, 3.05) is 19.5 Å². The molecular weight excluding hydrogens is 536 g/mol. The van der Waals surface area contributed by atoms with Crippen molar-refractivity contribution >= 4 is 15.4 Å². The first-order valence-corrected chi connectivity index (χ1v) is 15.3. The average Bonchev–Trinajstić information content (AvgIpc) is 3.23. The second kappa shape index (κ2) is 10.3. The van der Waals surface area contributed by atoms with Crippen LogP contribution in [0.4, 0.5) is 8.78 Å². The molecule has 4 heterocycles. The molecule has 40 heavy (non-hydrogen) atoms. The fraction of sp³-hybridized carbons (Fsp3) is 0.414. The van der Waals surface area contributed by atoms with Gasteiger partial charge in [0.2, 0.25) is 0 Å². The van der Waals surface area contributed by atoms with E-state index in [1.807, 2.05) is 13.0 Å². The van der Waals surface area contributed by atoms with E-state index < -0.39 is 32.8 Å². The van der Waals surface area contributed by atoms with Gasteiger partial charge in [0, 0.05) is 37.0 Å². The highest BCUT2D eigenvalue weighted by molar-refractivity contribution is 7.91. The maximum atomic E-state index is 15.1. The van der Waals surface area contributed by atoms with Crippen molar-refractivity contribution in [1.29, 1.82) is 0 Å². The molecule has 11 heteroatoms. The van der Waals surface area contributed by atoms with E-state index in [0.717, 1.165) is 11.1 Å². The van der Waals surface area contributed by atoms with Crippen molar-refractivity contribution < 1.29 is 21.9 Å². The Morgan fingerprint density at radius 1 is 1.07 bits per heavy atom. The molecule has 2 fully saturated rings. The normalized spacial score (nSPS) is 23.8. The van der Waals surface area contributed by atoms with Crippen LogP contribution in [0, 0.1) is 17.6 Å². The van der Waals surface area contributed by atoms with Gasteiger partial charge in [-0.15, -0.1) is 0 Å². The Labute approximate surface area is 231 Å². The lowest BCUT2D eigenvalue weighted by Gasteiger charge is -2.38. The second-order valence-electron chi connectivity index (χ2n) is 11.2. The maximum Gasteiger partial charge on any atom is 0.152 e. The van der Waals surface area contributed by atoms with Gasteiger partial charge in [-0.05, 0) is 71.7 Å². The Morgan fingerprint density at radius 2 is 1.82 bits per heavy atom. The van der Waals surface area contributed by atoms with E-state index in [1.165, 1.54) is 18.4 Å². The monoisotopic (exact) mass is 567 g/mol. The number of benzene rings is 1. The zero-order chi connectivity index (χ0) is 28.2. The lowest BCUT2D eigenvalue weighted by atomic mass is 9.75. The molecule has 1 aliphatic carbocycles. The Morgan fingerprint density at radius 3 is 2.48 bits per heavy atom. The third kappa shape index (κ3) is 4.90. The molecule has 0 bridgehead atoms. The molecule has 210 valence electrons. The standard InChI is InChI=1S/C29H31F2N5O3S/c1-16-7-18(10-25(32)29(16)40(2,37)38)22-5-6-33-12-19(22)11-27-34-13-21-3-4-26(35-36(21)27)28-23(30)8-17(9-24(28)31)20-14-39-15-20/h3-6,8-9,12-13,16,18,20,25,29H,7,10-11,14-15,32H2,1-2H3/t16-,18+,25+,29-/m0/s1. The Hall–Kier alpha value is -3.28. The van der Waals surface area contributed by atoms with Gasteiger partial charge in [-0.25, -0.2) is 26.7 Å². The van der Waals surface area contributed by atoms with Crippen LogP contribution in [0.25, 0.3) is 16.8 Å². The molecule has 1 aliphatic heterocycles. The Kier molecular flexibility index (Phi) is 6.92. The minimum Gasteiger partial charge on any atom is -0.380 e. The topological polar surface area (TPSA) is 112 Å². The van der Waals surface area contributed by atoms with Gasteiger partial charge in [0.1, 0.15) is 17.5 Å². The Balaban J connectivity index is 1.31. The van der Waals surface area contributed by atoms with Gasteiger partial charge in [0.15, 0.2) is 9.84 Å². The molecule has 2 aliphatic rings. The number of nitrogens with two attached hydrogens (primary N) is 1. The number of hydrogen-bond acceptors (Lipinski definition) is 7. The van der Waals surface area contributed by atoms with Gasteiger partial charge in [-0.3, -0.25) is 4.98 Å². The van der Waals surface area contributed by atoms with E-state index in [4.69, 9.17) is 10.5 Å². The fourth-order valence-corrected chi connectivity index (χ4v) is 8.10. The van der Waals surface area contributed by atoms with Crippen molar-refractivity contribution in [3.05, 3.63) is 83.1 Å². The summed E-state index contributed by atoms with van der Waals surface area (Å²) < 4.78 is 61.6. The van der Waals surface area contributed by atoms with Crippen LogP contribution in [0.1, 0.15) is 54.1 Å². The third-order valence-corrected chi connectivity index (χ3v) is 10.1. The van der Waals surface area contributed by atoms with Crippen molar-refractivity contribution in [3.63, 3.8) is 0 Å². The molecule has 4 aromatic rings. The molecule has 4 atom stereocenters. The number of fused-ring (bicyclic) bond motifs is 1. The number of halogens is 2. The summed E-state index contributed by atoms with van der Waals surface area (Å²) in [5.41, 5.74) is 9.62. The number of rotatable bonds is 6. The fourth-order valence-electron chi connectivity index (χ4n) is 6.40. The van der Waals surface area contributed by atoms with Crippen LogP contribution in [-0.4, -0.2) is 58.8 Å². The van der Waals surface area contributed by atoms with Crippen molar-refractivity contribution in [2.24, 2.45) is 11.7 Å². The average molecular weight is 568 g/mol. The number of sulfone groups is 1. The summed E-state index contributed by atoms with van der Waals surface area (Å²) in [6, 6.07) is 7.54. The molecule has 8 nitrogen and oxygen atoms in total. The largest absolute Gasteiger partial charge is 0.380 e.